The van der Waals surface area contributed by atoms with Crippen molar-refractivity contribution in [1.29, 1.82) is 5.26 Å². The molecule has 0 bridgehead atoms. The zero-order valence-corrected chi connectivity index (χ0v) is 11.5. The van der Waals surface area contributed by atoms with Crippen molar-refractivity contribution in [3.63, 3.8) is 0 Å². The van der Waals surface area contributed by atoms with E-state index in [9.17, 15) is 5.26 Å². The molecule has 0 atom stereocenters. The summed E-state index contributed by atoms with van der Waals surface area (Å²) in [7, 11) is 2.14. The summed E-state index contributed by atoms with van der Waals surface area (Å²) >= 11 is 0. The van der Waals surface area contributed by atoms with Crippen molar-refractivity contribution in [2.24, 2.45) is 0 Å². The zero-order valence-electron chi connectivity index (χ0n) is 11.5. The standard InChI is InChI=1S/C15H21N3/c1-12(2)13-4-5-15(14(10-13)11-16)18-8-6-17(3)7-9-18/h4-5,10,12H,6-9H2,1-3H3. The van der Waals surface area contributed by atoms with Crippen molar-refractivity contribution in [2.75, 3.05) is 38.1 Å². The van der Waals surface area contributed by atoms with Crippen LogP contribution in [0.15, 0.2) is 18.2 Å². The number of nitriles is 1. The lowest BCUT2D eigenvalue weighted by molar-refractivity contribution is 0.313. The van der Waals surface area contributed by atoms with Crippen LogP contribution < -0.4 is 4.90 Å². The molecule has 1 aromatic rings. The largest absolute Gasteiger partial charge is 0.368 e. The van der Waals surface area contributed by atoms with Gasteiger partial charge in [-0.05, 0) is 30.7 Å². The molecule has 0 aromatic heterocycles. The lowest BCUT2D eigenvalue weighted by Gasteiger charge is -2.34. The summed E-state index contributed by atoms with van der Waals surface area (Å²) in [6.07, 6.45) is 0. The Hall–Kier alpha value is -1.53. The zero-order chi connectivity index (χ0) is 13.1. The molecule has 96 valence electrons. The second-order valence-electron chi connectivity index (χ2n) is 5.33. The first-order valence-electron chi connectivity index (χ1n) is 6.59. The number of anilines is 1. The van der Waals surface area contributed by atoms with Gasteiger partial charge < -0.3 is 9.80 Å². The SMILES string of the molecule is CC(C)c1ccc(N2CCN(C)CC2)c(C#N)c1. The minimum atomic E-state index is 0.471. The van der Waals surface area contributed by atoms with Crippen LogP contribution in [0.5, 0.6) is 0 Å². The predicted molar refractivity (Wildman–Crippen MR) is 75.0 cm³/mol. The molecule has 1 aliphatic heterocycles. The highest BCUT2D eigenvalue weighted by molar-refractivity contribution is 5.61. The summed E-state index contributed by atoms with van der Waals surface area (Å²) < 4.78 is 0. The number of benzene rings is 1. The van der Waals surface area contributed by atoms with E-state index >= 15 is 0 Å². The quantitative estimate of drug-likeness (QED) is 0.799. The molecular weight excluding hydrogens is 222 g/mol. The van der Waals surface area contributed by atoms with Gasteiger partial charge in [0.15, 0.2) is 0 Å². The van der Waals surface area contributed by atoms with E-state index in [1.54, 1.807) is 0 Å². The van der Waals surface area contributed by atoms with Crippen molar-refractivity contribution < 1.29 is 0 Å². The van der Waals surface area contributed by atoms with Crippen molar-refractivity contribution >= 4 is 5.69 Å². The fourth-order valence-electron chi connectivity index (χ4n) is 2.33. The predicted octanol–water partition coefficient (Wildman–Crippen LogP) is 2.43. The Balaban J connectivity index is 2.25. The van der Waals surface area contributed by atoms with Gasteiger partial charge in [-0.3, -0.25) is 0 Å². The summed E-state index contributed by atoms with van der Waals surface area (Å²) in [4.78, 5) is 4.65. The van der Waals surface area contributed by atoms with Crippen molar-refractivity contribution in [3.8, 4) is 6.07 Å². The van der Waals surface area contributed by atoms with Gasteiger partial charge in [0.2, 0.25) is 0 Å². The maximum atomic E-state index is 9.32. The molecule has 3 heteroatoms. The van der Waals surface area contributed by atoms with Gasteiger partial charge in [-0.15, -0.1) is 0 Å². The smallest absolute Gasteiger partial charge is 0.101 e. The summed E-state index contributed by atoms with van der Waals surface area (Å²) in [5.41, 5.74) is 3.14. The van der Waals surface area contributed by atoms with Gasteiger partial charge in [-0.1, -0.05) is 19.9 Å². The molecule has 0 spiro atoms. The van der Waals surface area contributed by atoms with Crippen LogP contribution >= 0.6 is 0 Å². The summed E-state index contributed by atoms with van der Waals surface area (Å²) in [5.74, 6) is 0.471. The normalized spacial score (nSPS) is 16.9. The van der Waals surface area contributed by atoms with E-state index in [0.717, 1.165) is 37.4 Å². The first-order valence-corrected chi connectivity index (χ1v) is 6.59. The fourth-order valence-corrected chi connectivity index (χ4v) is 2.33. The van der Waals surface area contributed by atoms with E-state index in [-0.39, 0.29) is 0 Å². The number of hydrogen-bond donors (Lipinski definition) is 0. The Kier molecular flexibility index (Phi) is 3.88. The second-order valence-corrected chi connectivity index (χ2v) is 5.33. The average Bonchev–Trinajstić information content (AvgIpc) is 2.39. The summed E-state index contributed by atoms with van der Waals surface area (Å²) in [6, 6.07) is 8.65. The monoisotopic (exact) mass is 243 g/mol. The Morgan fingerprint density at radius 1 is 1.17 bits per heavy atom. The van der Waals surface area contributed by atoms with E-state index in [1.807, 2.05) is 6.07 Å². The third-order valence-electron chi connectivity index (χ3n) is 3.65. The molecule has 1 fully saturated rings. The molecule has 1 heterocycles. The summed E-state index contributed by atoms with van der Waals surface area (Å²) in [5, 5.41) is 9.32. The van der Waals surface area contributed by atoms with Crippen LogP contribution in [0.25, 0.3) is 0 Å². The maximum absolute atomic E-state index is 9.32. The third kappa shape index (κ3) is 2.65. The minimum Gasteiger partial charge on any atom is -0.368 e. The Morgan fingerprint density at radius 2 is 1.83 bits per heavy atom. The fraction of sp³-hybridized carbons (Fsp3) is 0.533. The van der Waals surface area contributed by atoms with Gasteiger partial charge in [0.25, 0.3) is 0 Å². The minimum absolute atomic E-state index is 0.471. The Bertz CT molecular complexity index is 451. The molecule has 3 nitrogen and oxygen atoms in total. The lowest BCUT2D eigenvalue weighted by atomic mass is 9.99. The molecular formula is C15H21N3. The van der Waals surface area contributed by atoms with Crippen LogP contribution in [0.4, 0.5) is 5.69 Å². The van der Waals surface area contributed by atoms with Gasteiger partial charge in [0, 0.05) is 26.2 Å². The number of likely N-dealkylation sites (N-methyl/N-ethyl adjacent to an activating group) is 1. The van der Waals surface area contributed by atoms with Crippen molar-refractivity contribution in [1.82, 2.24) is 4.90 Å². The molecule has 0 amide bonds. The number of rotatable bonds is 2. The van der Waals surface area contributed by atoms with Crippen LogP contribution in [0.3, 0.4) is 0 Å². The molecule has 0 aliphatic carbocycles. The van der Waals surface area contributed by atoms with Gasteiger partial charge in [-0.25, -0.2) is 0 Å². The van der Waals surface area contributed by atoms with Crippen LogP contribution in [0.2, 0.25) is 0 Å². The molecule has 18 heavy (non-hydrogen) atoms. The average molecular weight is 243 g/mol. The maximum Gasteiger partial charge on any atom is 0.101 e. The van der Waals surface area contributed by atoms with E-state index in [0.29, 0.717) is 5.92 Å². The highest BCUT2D eigenvalue weighted by Crippen LogP contribution is 2.25. The lowest BCUT2D eigenvalue weighted by Crippen LogP contribution is -2.44. The Morgan fingerprint density at radius 3 is 2.39 bits per heavy atom. The highest BCUT2D eigenvalue weighted by Gasteiger charge is 2.17. The van der Waals surface area contributed by atoms with Crippen LogP contribution in [0, 0.1) is 11.3 Å². The third-order valence-corrected chi connectivity index (χ3v) is 3.65. The van der Waals surface area contributed by atoms with Crippen LogP contribution in [0.1, 0.15) is 30.9 Å². The van der Waals surface area contributed by atoms with Crippen molar-refractivity contribution in [2.45, 2.75) is 19.8 Å². The van der Waals surface area contributed by atoms with E-state index < -0.39 is 0 Å². The number of nitrogens with zero attached hydrogens (tertiary/aromatic N) is 3. The molecule has 0 saturated carbocycles. The van der Waals surface area contributed by atoms with E-state index in [1.165, 1.54) is 5.56 Å². The van der Waals surface area contributed by atoms with E-state index in [4.69, 9.17) is 0 Å². The van der Waals surface area contributed by atoms with E-state index in [2.05, 4.69) is 48.9 Å². The molecule has 2 rings (SSSR count). The van der Waals surface area contributed by atoms with Crippen molar-refractivity contribution in [3.05, 3.63) is 29.3 Å². The van der Waals surface area contributed by atoms with Gasteiger partial charge >= 0.3 is 0 Å². The second kappa shape index (κ2) is 5.41. The van der Waals surface area contributed by atoms with Gasteiger partial charge in [0.05, 0.1) is 11.3 Å². The summed E-state index contributed by atoms with van der Waals surface area (Å²) in [6.45, 7) is 8.46. The molecule has 0 N–H and O–H groups in total. The van der Waals surface area contributed by atoms with Crippen LogP contribution in [-0.4, -0.2) is 38.1 Å². The van der Waals surface area contributed by atoms with Gasteiger partial charge in [0.1, 0.15) is 6.07 Å². The van der Waals surface area contributed by atoms with Gasteiger partial charge in [-0.2, -0.15) is 5.26 Å². The number of piperazine rings is 1. The first kappa shape index (κ1) is 12.9. The molecule has 0 radical (unpaired) electrons. The Labute approximate surface area is 110 Å². The topological polar surface area (TPSA) is 30.3 Å². The highest BCUT2D eigenvalue weighted by atomic mass is 15.2. The molecule has 1 aliphatic rings. The molecule has 0 unspecified atom stereocenters. The number of hydrogen-bond acceptors (Lipinski definition) is 3. The molecule has 1 saturated heterocycles. The molecule has 1 aromatic carbocycles. The first-order chi connectivity index (χ1) is 8.61. The van der Waals surface area contributed by atoms with Crippen LogP contribution in [-0.2, 0) is 0 Å².